The molecular weight excluding hydrogens is 262 g/mol. The zero-order chi connectivity index (χ0) is 14.7. The van der Waals surface area contributed by atoms with Crippen LogP contribution in [-0.2, 0) is 4.74 Å². The molecule has 2 atom stereocenters. The van der Waals surface area contributed by atoms with Gasteiger partial charge in [-0.25, -0.2) is 0 Å². The van der Waals surface area contributed by atoms with Crippen molar-refractivity contribution < 1.29 is 4.74 Å². The molecule has 2 heterocycles. The zero-order valence-corrected chi connectivity index (χ0v) is 13.5. The van der Waals surface area contributed by atoms with Gasteiger partial charge in [0.15, 0.2) is 0 Å². The average Bonchev–Trinajstić information content (AvgIpc) is 2.96. The number of rotatable bonds is 6. The highest BCUT2D eigenvalue weighted by molar-refractivity contribution is 5.11. The maximum absolute atomic E-state index is 6.03. The monoisotopic (exact) mass is 291 g/mol. The molecule has 1 aromatic rings. The second kappa shape index (κ2) is 6.49. The van der Waals surface area contributed by atoms with Crippen LogP contribution in [0.1, 0.15) is 76.4 Å². The van der Waals surface area contributed by atoms with E-state index in [9.17, 15) is 0 Å². The number of nitrogens with one attached hydrogen (secondary N) is 1. The van der Waals surface area contributed by atoms with Crippen LogP contribution in [0.15, 0.2) is 12.4 Å². The normalized spacial score (nSPS) is 25.7. The first-order chi connectivity index (χ1) is 10.3. The van der Waals surface area contributed by atoms with E-state index in [2.05, 4.69) is 41.3 Å². The van der Waals surface area contributed by atoms with Crippen LogP contribution in [0.3, 0.4) is 0 Å². The number of hydrogen-bond acceptors (Lipinski definition) is 3. The number of aromatic nitrogens is 2. The van der Waals surface area contributed by atoms with Gasteiger partial charge < -0.3 is 10.1 Å². The fourth-order valence-corrected chi connectivity index (χ4v) is 3.70. The van der Waals surface area contributed by atoms with Gasteiger partial charge in [-0.05, 0) is 51.5 Å². The maximum atomic E-state index is 6.03. The molecule has 118 valence electrons. The fourth-order valence-electron chi connectivity index (χ4n) is 3.70. The van der Waals surface area contributed by atoms with Crippen LogP contribution in [-0.4, -0.2) is 28.5 Å². The molecular formula is C17H29N3O. The molecule has 1 aromatic heterocycles. The summed E-state index contributed by atoms with van der Waals surface area (Å²) in [7, 11) is 0. The van der Waals surface area contributed by atoms with Crippen molar-refractivity contribution in [3.8, 4) is 0 Å². The third-order valence-electron chi connectivity index (χ3n) is 5.18. The minimum Gasteiger partial charge on any atom is -0.375 e. The standard InChI is InChI=1S/C17H29N3O/c1-3-9-18-16(4-2)14-12-19-20(13-14)15-6-10-21-17(11-15)7-5-8-17/h12-13,15-16,18H,3-11H2,1-2H3. The maximum Gasteiger partial charge on any atom is 0.0703 e. The Balaban J connectivity index is 1.66. The molecule has 2 fully saturated rings. The Morgan fingerprint density at radius 3 is 3.00 bits per heavy atom. The molecule has 1 aliphatic carbocycles. The second-order valence-corrected chi connectivity index (χ2v) is 6.70. The van der Waals surface area contributed by atoms with Gasteiger partial charge >= 0.3 is 0 Å². The first-order valence-electron chi connectivity index (χ1n) is 8.68. The van der Waals surface area contributed by atoms with E-state index in [1.54, 1.807) is 0 Å². The van der Waals surface area contributed by atoms with Gasteiger partial charge in [0.2, 0.25) is 0 Å². The van der Waals surface area contributed by atoms with Gasteiger partial charge in [-0.3, -0.25) is 4.68 Å². The highest BCUT2D eigenvalue weighted by atomic mass is 16.5. The van der Waals surface area contributed by atoms with Crippen LogP contribution in [0, 0.1) is 0 Å². The predicted molar refractivity (Wildman–Crippen MR) is 84.4 cm³/mol. The Kier molecular flexibility index (Phi) is 4.65. The lowest BCUT2D eigenvalue weighted by atomic mass is 9.74. The molecule has 0 amide bonds. The van der Waals surface area contributed by atoms with Crippen molar-refractivity contribution in [2.45, 2.75) is 76.5 Å². The Labute approximate surface area is 128 Å². The van der Waals surface area contributed by atoms with Crippen LogP contribution in [0.2, 0.25) is 0 Å². The molecule has 3 rings (SSSR count). The third-order valence-corrected chi connectivity index (χ3v) is 5.18. The van der Waals surface area contributed by atoms with Gasteiger partial charge in [0, 0.05) is 24.4 Å². The molecule has 2 unspecified atom stereocenters. The van der Waals surface area contributed by atoms with Crippen LogP contribution < -0.4 is 5.32 Å². The van der Waals surface area contributed by atoms with Gasteiger partial charge in [0.25, 0.3) is 0 Å². The summed E-state index contributed by atoms with van der Waals surface area (Å²) < 4.78 is 8.23. The van der Waals surface area contributed by atoms with E-state index < -0.39 is 0 Å². The van der Waals surface area contributed by atoms with Gasteiger partial charge in [0.1, 0.15) is 0 Å². The van der Waals surface area contributed by atoms with Gasteiger partial charge in [-0.1, -0.05) is 13.8 Å². The SMILES string of the molecule is CCCNC(CC)c1cnn(C2CCOC3(CCC3)C2)c1. The third kappa shape index (κ3) is 3.16. The second-order valence-electron chi connectivity index (χ2n) is 6.70. The average molecular weight is 291 g/mol. The van der Waals surface area contributed by atoms with Crippen molar-refractivity contribution in [3.05, 3.63) is 18.0 Å². The predicted octanol–water partition coefficient (Wildman–Crippen LogP) is 3.61. The zero-order valence-electron chi connectivity index (χ0n) is 13.5. The summed E-state index contributed by atoms with van der Waals surface area (Å²) in [6, 6.07) is 0.965. The van der Waals surface area contributed by atoms with Crippen LogP contribution >= 0.6 is 0 Å². The smallest absolute Gasteiger partial charge is 0.0703 e. The molecule has 1 N–H and O–H groups in total. The summed E-state index contributed by atoms with van der Waals surface area (Å²) in [5, 5.41) is 8.27. The van der Waals surface area contributed by atoms with Gasteiger partial charge in [-0.2, -0.15) is 5.10 Å². The highest BCUT2D eigenvalue weighted by Crippen LogP contribution is 2.45. The summed E-state index contributed by atoms with van der Waals surface area (Å²) >= 11 is 0. The van der Waals surface area contributed by atoms with E-state index in [1.165, 1.54) is 31.2 Å². The van der Waals surface area contributed by atoms with Gasteiger partial charge in [0.05, 0.1) is 17.8 Å². The van der Waals surface area contributed by atoms with E-state index in [0.29, 0.717) is 12.1 Å². The molecule has 0 bridgehead atoms. The molecule has 1 saturated carbocycles. The quantitative estimate of drug-likeness (QED) is 0.870. The lowest BCUT2D eigenvalue weighted by molar-refractivity contribution is -0.141. The van der Waals surface area contributed by atoms with Crippen molar-refractivity contribution >= 4 is 0 Å². The lowest BCUT2D eigenvalue weighted by Gasteiger charge is -2.47. The first kappa shape index (κ1) is 15.0. The van der Waals surface area contributed by atoms with Crippen molar-refractivity contribution in [1.29, 1.82) is 0 Å². The topological polar surface area (TPSA) is 39.1 Å². The van der Waals surface area contributed by atoms with E-state index in [-0.39, 0.29) is 5.60 Å². The Morgan fingerprint density at radius 2 is 2.33 bits per heavy atom. The minimum atomic E-state index is 0.194. The number of ether oxygens (including phenoxy) is 1. The van der Waals surface area contributed by atoms with E-state index in [1.807, 2.05) is 0 Å². The molecule has 1 saturated heterocycles. The molecule has 1 aliphatic heterocycles. The molecule has 21 heavy (non-hydrogen) atoms. The Morgan fingerprint density at radius 1 is 1.48 bits per heavy atom. The summed E-state index contributed by atoms with van der Waals surface area (Å²) in [5.41, 5.74) is 1.53. The van der Waals surface area contributed by atoms with Crippen molar-refractivity contribution in [2.75, 3.05) is 13.2 Å². The summed E-state index contributed by atoms with van der Waals surface area (Å²) in [6.45, 7) is 6.42. The molecule has 2 aliphatic rings. The fraction of sp³-hybridized carbons (Fsp3) is 0.824. The Bertz CT molecular complexity index is 453. The lowest BCUT2D eigenvalue weighted by Crippen LogP contribution is -2.46. The van der Waals surface area contributed by atoms with Crippen molar-refractivity contribution in [2.24, 2.45) is 0 Å². The minimum absolute atomic E-state index is 0.194. The van der Waals surface area contributed by atoms with Crippen LogP contribution in [0.5, 0.6) is 0 Å². The molecule has 1 spiro atoms. The largest absolute Gasteiger partial charge is 0.375 e. The molecule has 4 heteroatoms. The van der Waals surface area contributed by atoms with Crippen LogP contribution in [0.4, 0.5) is 0 Å². The number of nitrogens with zero attached hydrogens (tertiary/aromatic N) is 2. The van der Waals surface area contributed by atoms with Crippen molar-refractivity contribution in [1.82, 2.24) is 15.1 Å². The Hall–Kier alpha value is -0.870. The number of hydrogen-bond donors (Lipinski definition) is 1. The molecule has 0 aromatic carbocycles. The van der Waals surface area contributed by atoms with E-state index >= 15 is 0 Å². The van der Waals surface area contributed by atoms with Crippen LogP contribution in [0.25, 0.3) is 0 Å². The highest BCUT2D eigenvalue weighted by Gasteiger charge is 2.43. The first-order valence-corrected chi connectivity index (χ1v) is 8.68. The van der Waals surface area contributed by atoms with E-state index in [0.717, 1.165) is 32.4 Å². The van der Waals surface area contributed by atoms with E-state index in [4.69, 9.17) is 4.74 Å². The molecule has 0 radical (unpaired) electrons. The summed E-state index contributed by atoms with van der Waals surface area (Å²) in [5.74, 6) is 0. The van der Waals surface area contributed by atoms with Crippen molar-refractivity contribution in [3.63, 3.8) is 0 Å². The van der Waals surface area contributed by atoms with Gasteiger partial charge in [-0.15, -0.1) is 0 Å². The molecule has 4 nitrogen and oxygen atoms in total. The summed E-state index contributed by atoms with van der Waals surface area (Å²) in [6.07, 6.45) is 12.7. The summed E-state index contributed by atoms with van der Waals surface area (Å²) in [4.78, 5) is 0.